The second-order valence-electron chi connectivity index (χ2n) is 5.95. The molecule has 0 heterocycles. The highest BCUT2D eigenvalue weighted by Gasteiger charge is 2.15. The van der Waals surface area contributed by atoms with E-state index in [0.717, 1.165) is 6.42 Å². The van der Waals surface area contributed by atoms with Gasteiger partial charge in [0.15, 0.2) is 0 Å². The quantitative estimate of drug-likeness (QED) is 0.842. The standard InChI is InChI=1S/C19H22FNO/c1-14(2)12-17(15-6-4-3-5-7-15)13-21-19(22)16-8-10-18(20)11-9-16/h3-11,14,17H,12-13H2,1-2H3,(H,21,22). The van der Waals surface area contributed by atoms with Crippen LogP contribution in [0.1, 0.15) is 42.1 Å². The van der Waals surface area contributed by atoms with Crippen molar-refractivity contribution in [2.24, 2.45) is 5.92 Å². The number of carbonyl (C=O) groups excluding carboxylic acids is 1. The van der Waals surface area contributed by atoms with Crippen molar-refractivity contribution >= 4 is 5.91 Å². The maximum absolute atomic E-state index is 12.9. The van der Waals surface area contributed by atoms with Crippen LogP contribution in [0, 0.1) is 11.7 Å². The molecule has 2 rings (SSSR count). The normalized spacial score (nSPS) is 12.2. The van der Waals surface area contributed by atoms with Crippen LogP contribution in [-0.4, -0.2) is 12.5 Å². The minimum absolute atomic E-state index is 0.162. The Labute approximate surface area is 131 Å². The van der Waals surface area contributed by atoms with Crippen LogP contribution in [0.15, 0.2) is 54.6 Å². The number of hydrogen-bond acceptors (Lipinski definition) is 1. The number of hydrogen-bond donors (Lipinski definition) is 1. The van der Waals surface area contributed by atoms with Crippen LogP contribution in [-0.2, 0) is 0 Å². The number of rotatable bonds is 6. The zero-order valence-electron chi connectivity index (χ0n) is 13.1. The van der Waals surface area contributed by atoms with Crippen molar-refractivity contribution in [2.45, 2.75) is 26.2 Å². The minimum Gasteiger partial charge on any atom is -0.351 e. The number of halogens is 1. The first-order valence-corrected chi connectivity index (χ1v) is 7.65. The summed E-state index contributed by atoms with van der Waals surface area (Å²) in [6, 6.07) is 15.8. The van der Waals surface area contributed by atoms with E-state index in [1.54, 1.807) is 0 Å². The Bertz CT molecular complexity index is 593. The molecule has 1 atom stereocenters. The molecule has 0 fully saturated rings. The summed E-state index contributed by atoms with van der Waals surface area (Å²) in [6.45, 7) is 4.94. The Morgan fingerprint density at radius 1 is 1.05 bits per heavy atom. The lowest BCUT2D eigenvalue weighted by Crippen LogP contribution is -2.29. The number of nitrogens with one attached hydrogen (secondary N) is 1. The molecule has 1 unspecified atom stereocenters. The third kappa shape index (κ3) is 4.69. The smallest absolute Gasteiger partial charge is 0.251 e. The highest BCUT2D eigenvalue weighted by Crippen LogP contribution is 2.23. The van der Waals surface area contributed by atoms with Gasteiger partial charge in [-0.05, 0) is 42.2 Å². The Hall–Kier alpha value is -2.16. The lowest BCUT2D eigenvalue weighted by Gasteiger charge is -2.20. The highest BCUT2D eigenvalue weighted by molar-refractivity contribution is 5.94. The average Bonchev–Trinajstić information content (AvgIpc) is 2.52. The third-order valence-corrected chi connectivity index (χ3v) is 3.64. The summed E-state index contributed by atoms with van der Waals surface area (Å²) < 4.78 is 12.9. The Kier molecular flexibility index (Phi) is 5.70. The molecule has 1 N–H and O–H groups in total. The fourth-order valence-electron chi connectivity index (χ4n) is 2.55. The fraction of sp³-hybridized carbons (Fsp3) is 0.316. The minimum atomic E-state index is -0.335. The van der Waals surface area contributed by atoms with Gasteiger partial charge in [0.05, 0.1) is 0 Å². The summed E-state index contributed by atoms with van der Waals surface area (Å²) in [7, 11) is 0. The van der Waals surface area contributed by atoms with Gasteiger partial charge < -0.3 is 5.32 Å². The van der Waals surface area contributed by atoms with Crippen LogP contribution in [0.25, 0.3) is 0 Å². The van der Waals surface area contributed by atoms with Gasteiger partial charge in [0.2, 0.25) is 0 Å². The molecule has 0 radical (unpaired) electrons. The van der Waals surface area contributed by atoms with Crippen molar-refractivity contribution in [3.05, 3.63) is 71.5 Å². The van der Waals surface area contributed by atoms with Gasteiger partial charge in [-0.2, -0.15) is 0 Å². The van der Waals surface area contributed by atoms with Gasteiger partial charge in [-0.1, -0.05) is 44.2 Å². The fourth-order valence-corrected chi connectivity index (χ4v) is 2.55. The van der Waals surface area contributed by atoms with Crippen LogP contribution in [0.3, 0.4) is 0 Å². The van der Waals surface area contributed by atoms with E-state index in [1.807, 2.05) is 18.2 Å². The molecule has 2 aromatic carbocycles. The molecule has 0 bridgehead atoms. The van der Waals surface area contributed by atoms with E-state index >= 15 is 0 Å². The highest BCUT2D eigenvalue weighted by atomic mass is 19.1. The van der Waals surface area contributed by atoms with Crippen molar-refractivity contribution in [3.8, 4) is 0 Å². The van der Waals surface area contributed by atoms with Crippen LogP contribution in [0.2, 0.25) is 0 Å². The molecular formula is C19H22FNO. The van der Waals surface area contributed by atoms with Gasteiger partial charge in [0, 0.05) is 18.0 Å². The summed E-state index contributed by atoms with van der Waals surface area (Å²) in [5.41, 5.74) is 1.72. The Morgan fingerprint density at radius 2 is 1.68 bits per heavy atom. The van der Waals surface area contributed by atoms with Gasteiger partial charge >= 0.3 is 0 Å². The monoisotopic (exact) mass is 299 g/mol. The number of benzene rings is 2. The molecule has 116 valence electrons. The van der Waals surface area contributed by atoms with Crippen molar-refractivity contribution in [1.82, 2.24) is 5.32 Å². The van der Waals surface area contributed by atoms with Gasteiger partial charge in [0.25, 0.3) is 5.91 Å². The Balaban J connectivity index is 2.02. The Morgan fingerprint density at radius 3 is 2.27 bits per heavy atom. The summed E-state index contributed by atoms with van der Waals surface area (Å²) in [6.07, 6.45) is 1.01. The van der Waals surface area contributed by atoms with E-state index in [-0.39, 0.29) is 17.6 Å². The molecule has 0 saturated carbocycles. The first-order chi connectivity index (χ1) is 10.6. The number of carbonyl (C=O) groups is 1. The van der Waals surface area contributed by atoms with Crippen molar-refractivity contribution in [1.29, 1.82) is 0 Å². The molecule has 0 aliphatic heterocycles. The van der Waals surface area contributed by atoms with Crippen LogP contribution >= 0.6 is 0 Å². The zero-order valence-corrected chi connectivity index (χ0v) is 13.1. The van der Waals surface area contributed by atoms with Gasteiger partial charge in [-0.15, -0.1) is 0 Å². The largest absolute Gasteiger partial charge is 0.351 e. The molecule has 2 nitrogen and oxygen atoms in total. The van der Waals surface area contributed by atoms with Crippen molar-refractivity contribution < 1.29 is 9.18 Å². The molecule has 0 aromatic heterocycles. The molecule has 0 saturated heterocycles. The molecule has 0 spiro atoms. The second kappa shape index (κ2) is 7.74. The molecule has 3 heteroatoms. The first-order valence-electron chi connectivity index (χ1n) is 7.65. The SMILES string of the molecule is CC(C)CC(CNC(=O)c1ccc(F)cc1)c1ccccc1. The van der Waals surface area contributed by atoms with Crippen LogP contribution in [0.4, 0.5) is 4.39 Å². The summed E-state index contributed by atoms with van der Waals surface area (Å²) >= 11 is 0. The van der Waals surface area contributed by atoms with E-state index in [4.69, 9.17) is 0 Å². The molecule has 22 heavy (non-hydrogen) atoms. The van der Waals surface area contributed by atoms with Gasteiger partial charge in [-0.3, -0.25) is 4.79 Å². The van der Waals surface area contributed by atoms with Crippen LogP contribution in [0.5, 0.6) is 0 Å². The van der Waals surface area contributed by atoms with E-state index in [9.17, 15) is 9.18 Å². The summed E-state index contributed by atoms with van der Waals surface area (Å²) in [5, 5.41) is 2.96. The first kappa shape index (κ1) is 16.2. The van der Waals surface area contributed by atoms with E-state index < -0.39 is 0 Å². The summed E-state index contributed by atoms with van der Waals surface area (Å²) in [5.74, 6) is 0.335. The number of amides is 1. The molecule has 0 aliphatic rings. The summed E-state index contributed by atoms with van der Waals surface area (Å²) in [4.78, 5) is 12.1. The van der Waals surface area contributed by atoms with Crippen LogP contribution < -0.4 is 5.32 Å². The van der Waals surface area contributed by atoms with E-state index in [1.165, 1.54) is 29.8 Å². The third-order valence-electron chi connectivity index (χ3n) is 3.64. The van der Waals surface area contributed by atoms with Crippen molar-refractivity contribution in [3.63, 3.8) is 0 Å². The maximum atomic E-state index is 12.9. The predicted octanol–water partition coefficient (Wildman–Crippen LogP) is 4.39. The molecule has 0 aliphatic carbocycles. The maximum Gasteiger partial charge on any atom is 0.251 e. The topological polar surface area (TPSA) is 29.1 Å². The van der Waals surface area contributed by atoms with E-state index in [0.29, 0.717) is 18.0 Å². The molecule has 2 aromatic rings. The lowest BCUT2D eigenvalue weighted by atomic mass is 9.90. The zero-order chi connectivity index (χ0) is 15.9. The molecular weight excluding hydrogens is 277 g/mol. The van der Waals surface area contributed by atoms with Crippen molar-refractivity contribution in [2.75, 3.05) is 6.54 Å². The second-order valence-corrected chi connectivity index (χ2v) is 5.95. The van der Waals surface area contributed by atoms with Gasteiger partial charge in [0.1, 0.15) is 5.82 Å². The average molecular weight is 299 g/mol. The lowest BCUT2D eigenvalue weighted by molar-refractivity contribution is 0.0950. The predicted molar refractivity (Wildman–Crippen MR) is 87.4 cm³/mol. The van der Waals surface area contributed by atoms with E-state index in [2.05, 4.69) is 31.3 Å². The molecule has 1 amide bonds. The van der Waals surface area contributed by atoms with Gasteiger partial charge in [-0.25, -0.2) is 4.39 Å².